The number of urea groups is 1. The minimum Gasteiger partial charge on any atom is -0.502 e. The lowest BCUT2D eigenvalue weighted by molar-refractivity contribution is -0.138. The molecule has 1 N–H and O–H groups in total. The molecule has 1 unspecified atom stereocenters. The lowest BCUT2D eigenvalue weighted by atomic mass is 9.61. The maximum absolute atomic E-state index is 14.1. The van der Waals surface area contributed by atoms with Gasteiger partial charge in [0.15, 0.2) is 5.54 Å². The first-order valence-electron chi connectivity index (χ1n) is 12.0. The lowest BCUT2D eigenvalue weighted by Gasteiger charge is -2.46. The highest BCUT2D eigenvalue weighted by Gasteiger charge is 2.68. The molecular formula is C27H32N2O4. The molecule has 1 heterocycles. The summed E-state index contributed by atoms with van der Waals surface area (Å²) in [4.78, 5) is 28.7. The Labute approximate surface area is 195 Å². The number of benzene rings is 1. The van der Waals surface area contributed by atoms with Gasteiger partial charge >= 0.3 is 6.03 Å². The van der Waals surface area contributed by atoms with Crippen molar-refractivity contribution in [3.8, 4) is 11.8 Å². The van der Waals surface area contributed by atoms with Crippen LogP contribution in [0.1, 0.15) is 61.6 Å². The van der Waals surface area contributed by atoms with Crippen LogP contribution in [0.5, 0.6) is 0 Å². The van der Waals surface area contributed by atoms with Crippen molar-refractivity contribution in [2.24, 2.45) is 11.3 Å². The highest BCUT2D eigenvalue weighted by atomic mass is 16.5. The third kappa shape index (κ3) is 3.54. The zero-order valence-electron chi connectivity index (χ0n) is 19.5. The van der Waals surface area contributed by atoms with Gasteiger partial charge in [-0.3, -0.25) is 9.69 Å². The molecule has 1 saturated heterocycles. The second kappa shape index (κ2) is 8.22. The highest BCUT2D eigenvalue weighted by Crippen LogP contribution is 2.60. The number of rotatable bonds is 5. The van der Waals surface area contributed by atoms with E-state index in [2.05, 4.69) is 41.9 Å². The summed E-state index contributed by atoms with van der Waals surface area (Å²) < 4.78 is 10.8. The summed E-state index contributed by atoms with van der Waals surface area (Å²) in [5.41, 5.74) is 1.57. The normalized spacial score (nSPS) is 30.2. The Morgan fingerprint density at radius 1 is 1.21 bits per heavy atom. The number of hydrogen-bond acceptors (Lipinski definition) is 4. The fourth-order valence-electron chi connectivity index (χ4n) is 5.94. The predicted molar refractivity (Wildman–Crippen MR) is 124 cm³/mol. The van der Waals surface area contributed by atoms with Crippen LogP contribution in [0.15, 0.2) is 30.5 Å². The summed E-state index contributed by atoms with van der Waals surface area (Å²) in [6, 6.07) is 5.89. The minimum atomic E-state index is -1.05. The molecule has 3 amide bonds. The third-order valence-electron chi connectivity index (χ3n) is 8.07. The number of imide groups is 1. The molecular weight excluding hydrogens is 416 g/mol. The number of nitrogens with one attached hydrogen (secondary N) is 1. The first-order valence-corrected chi connectivity index (χ1v) is 12.0. The number of amides is 3. The van der Waals surface area contributed by atoms with E-state index in [0.717, 1.165) is 48.8 Å². The molecule has 1 aromatic carbocycles. The van der Waals surface area contributed by atoms with Crippen molar-refractivity contribution in [3.05, 3.63) is 47.2 Å². The molecule has 1 aliphatic heterocycles. The zero-order chi connectivity index (χ0) is 23.2. The molecule has 5 rings (SSSR count). The lowest BCUT2D eigenvalue weighted by Crippen LogP contribution is -2.56. The highest BCUT2D eigenvalue weighted by molar-refractivity contribution is 6.09. The Hall–Kier alpha value is -2.78. The summed E-state index contributed by atoms with van der Waals surface area (Å²) in [5.74, 6) is 7.52. The molecule has 1 atom stereocenters. The third-order valence-corrected chi connectivity index (χ3v) is 8.07. The molecule has 4 aliphatic rings. The van der Waals surface area contributed by atoms with Crippen LogP contribution in [0.25, 0.3) is 0 Å². The van der Waals surface area contributed by atoms with Crippen LogP contribution in [0.4, 0.5) is 4.79 Å². The Balaban J connectivity index is 1.55. The molecule has 33 heavy (non-hydrogen) atoms. The number of carbonyl (C=O) groups excluding carboxylic acids is 2. The van der Waals surface area contributed by atoms with Crippen LogP contribution in [0.3, 0.4) is 0 Å². The van der Waals surface area contributed by atoms with Crippen molar-refractivity contribution in [2.75, 3.05) is 20.8 Å². The van der Waals surface area contributed by atoms with E-state index in [0.29, 0.717) is 18.1 Å². The van der Waals surface area contributed by atoms with E-state index in [-0.39, 0.29) is 30.0 Å². The molecule has 0 aromatic heterocycles. The van der Waals surface area contributed by atoms with Crippen molar-refractivity contribution in [2.45, 2.75) is 63.0 Å². The van der Waals surface area contributed by atoms with Gasteiger partial charge in [-0.2, -0.15) is 0 Å². The SMILES string of the molecule is C=C(CCN1C(=O)NC2(C1=O)c1cc(C#CC3CC3)ccc1CC21CCC(OC)CC1)OC. The van der Waals surface area contributed by atoms with Crippen LogP contribution in [-0.4, -0.2) is 43.7 Å². The summed E-state index contributed by atoms with van der Waals surface area (Å²) in [6.45, 7) is 4.10. The monoisotopic (exact) mass is 448 g/mol. The number of ether oxygens (including phenoxy) is 2. The summed E-state index contributed by atoms with van der Waals surface area (Å²) >= 11 is 0. The van der Waals surface area contributed by atoms with Gasteiger partial charge in [0.05, 0.1) is 19.0 Å². The van der Waals surface area contributed by atoms with Gasteiger partial charge in [0.1, 0.15) is 0 Å². The van der Waals surface area contributed by atoms with E-state index in [1.807, 2.05) is 0 Å². The van der Waals surface area contributed by atoms with Crippen LogP contribution in [0.2, 0.25) is 0 Å². The van der Waals surface area contributed by atoms with E-state index in [4.69, 9.17) is 9.47 Å². The molecule has 0 bridgehead atoms. The van der Waals surface area contributed by atoms with E-state index < -0.39 is 5.54 Å². The molecule has 6 nitrogen and oxygen atoms in total. The van der Waals surface area contributed by atoms with Crippen LogP contribution < -0.4 is 5.32 Å². The predicted octanol–water partition coefficient (Wildman–Crippen LogP) is 3.88. The largest absolute Gasteiger partial charge is 0.502 e. The van der Waals surface area contributed by atoms with Crippen LogP contribution >= 0.6 is 0 Å². The first-order chi connectivity index (χ1) is 15.9. The summed E-state index contributed by atoms with van der Waals surface area (Å²) in [5, 5.41) is 3.20. The van der Waals surface area contributed by atoms with E-state index in [1.54, 1.807) is 14.2 Å². The van der Waals surface area contributed by atoms with Crippen molar-refractivity contribution in [1.82, 2.24) is 10.2 Å². The Morgan fingerprint density at radius 2 is 1.97 bits per heavy atom. The summed E-state index contributed by atoms with van der Waals surface area (Å²) in [6.07, 6.45) is 7.15. The topological polar surface area (TPSA) is 67.9 Å². The number of methoxy groups -OCH3 is 2. The number of carbonyl (C=O) groups is 2. The van der Waals surface area contributed by atoms with Crippen molar-refractivity contribution >= 4 is 11.9 Å². The van der Waals surface area contributed by atoms with Gasteiger partial charge in [-0.25, -0.2) is 4.79 Å². The second-order valence-electron chi connectivity index (χ2n) is 9.94. The summed E-state index contributed by atoms with van der Waals surface area (Å²) in [7, 11) is 3.30. The number of fused-ring (bicyclic) bond motifs is 3. The first kappa shape index (κ1) is 22.0. The molecule has 3 aliphatic carbocycles. The van der Waals surface area contributed by atoms with Crippen molar-refractivity contribution < 1.29 is 19.1 Å². The van der Waals surface area contributed by atoms with Crippen LogP contribution in [-0.2, 0) is 26.2 Å². The van der Waals surface area contributed by atoms with Crippen LogP contribution in [0, 0.1) is 23.2 Å². The molecule has 1 aromatic rings. The quantitative estimate of drug-likeness (QED) is 0.422. The second-order valence-corrected chi connectivity index (χ2v) is 9.94. The molecule has 0 radical (unpaired) electrons. The maximum Gasteiger partial charge on any atom is 0.325 e. The van der Waals surface area contributed by atoms with Gasteiger partial charge in [0, 0.05) is 37.0 Å². The average molecular weight is 449 g/mol. The van der Waals surface area contributed by atoms with E-state index in [9.17, 15) is 9.59 Å². The van der Waals surface area contributed by atoms with E-state index in [1.165, 1.54) is 17.7 Å². The maximum atomic E-state index is 14.1. The average Bonchev–Trinajstić information content (AvgIpc) is 3.58. The van der Waals surface area contributed by atoms with Crippen molar-refractivity contribution in [3.63, 3.8) is 0 Å². The molecule has 6 heteroatoms. The number of hydrogen-bond donors (Lipinski definition) is 1. The Kier molecular flexibility index (Phi) is 5.49. The fraction of sp³-hybridized carbons (Fsp3) is 0.556. The van der Waals surface area contributed by atoms with Gasteiger partial charge in [-0.15, -0.1) is 0 Å². The molecule has 3 fully saturated rings. The smallest absolute Gasteiger partial charge is 0.325 e. The Bertz CT molecular complexity index is 1060. The van der Waals surface area contributed by atoms with Gasteiger partial charge in [-0.1, -0.05) is 24.5 Å². The van der Waals surface area contributed by atoms with Gasteiger partial charge in [0.2, 0.25) is 0 Å². The van der Waals surface area contributed by atoms with Gasteiger partial charge in [0.25, 0.3) is 5.91 Å². The molecule has 174 valence electrons. The minimum absolute atomic E-state index is 0.154. The van der Waals surface area contributed by atoms with Gasteiger partial charge in [-0.05, 0) is 68.2 Å². The Morgan fingerprint density at radius 3 is 2.64 bits per heavy atom. The number of nitrogens with zero attached hydrogens (tertiary/aromatic N) is 1. The standard InChI is InChI=1S/C27H32N2O4/c1-18(32-2)12-15-29-24(30)27(28-25(29)31)23-16-20(7-6-19-4-5-19)8-9-21(23)17-26(27)13-10-22(33-3)11-14-26/h8-9,16,19,22H,1,4-5,10-15,17H2,2-3H3,(H,28,31). The van der Waals surface area contributed by atoms with E-state index >= 15 is 0 Å². The van der Waals surface area contributed by atoms with Crippen molar-refractivity contribution in [1.29, 1.82) is 0 Å². The molecule has 2 spiro atoms. The fourth-order valence-corrected chi connectivity index (χ4v) is 5.94. The van der Waals surface area contributed by atoms with Gasteiger partial charge < -0.3 is 14.8 Å². The zero-order valence-corrected chi connectivity index (χ0v) is 19.5. The molecule has 2 saturated carbocycles.